The van der Waals surface area contributed by atoms with Crippen LogP contribution in [0.1, 0.15) is 0 Å². The van der Waals surface area contributed by atoms with Crippen molar-refractivity contribution in [2.75, 3.05) is 0 Å². The molecule has 0 aliphatic heterocycles. The monoisotopic (exact) mass is 434 g/mol. The van der Waals surface area contributed by atoms with Crippen molar-refractivity contribution in [3.8, 4) is 40.1 Å². The summed E-state index contributed by atoms with van der Waals surface area (Å²) < 4.78 is 5.35. The third kappa shape index (κ3) is 2.74. The molecular weight excluding hydrogens is 420 g/mol. The molecule has 1 aromatic heterocycles. The van der Waals surface area contributed by atoms with Crippen molar-refractivity contribution in [2.45, 2.75) is 0 Å². The van der Waals surface area contributed by atoms with Crippen molar-refractivity contribution in [3.05, 3.63) is 40.6 Å². The molecule has 120 valence electrons. The fraction of sp³-hybridized carbons (Fsp3) is 0. The second kappa shape index (κ2) is 5.91. The van der Waals surface area contributed by atoms with Crippen LogP contribution in [0.4, 0.5) is 0 Å². The molecule has 7 nitrogen and oxygen atoms in total. The van der Waals surface area contributed by atoms with Gasteiger partial charge < -0.3 is 29.9 Å². The molecule has 0 atom stereocenters. The van der Waals surface area contributed by atoms with Crippen LogP contribution in [-0.2, 0) is 0 Å². The summed E-state index contributed by atoms with van der Waals surface area (Å²) in [6.45, 7) is 0. The third-order valence-corrected chi connectivity index (χ3v) is 3.17. The van der Waals surface area contributed by atoms with Crippen LogP contribution in [0.3, 0.4) is 0 Å². The molecule has 0 fully saturated rings. The Morgan fingerprint density at radius 1 is 0.826 bits per heavy atom. The Hall–Kier alpha value is -2.56. The molecule has 23 heavy (non-hydrogen) atoms. The molecule has 0 spiro atoms. The van der Waals surface area contributed by atoms with E-state index in [0.29, 0.717) is 0 Å². The van der Waals surface area contributed by atoms with Gasteiger partial charge in [-0.3, -0.25) is 4.79 Å². The number of hydrogen-bond donors (Lipinski definition) is 5. The summed E-state index contributed by atoms with van der Waals surface area (Å²) in [4.78, 5) is 12.1. The molecule has 0 aliphatic carbocycles. The third-order valence-electron chi connectivity index (χ3n) is 3.17. The minimum absolute atomic E-state index is 0. The van der Waals surface area contributed by atoms with Gasteiger partial charge in [0.1, 0.15) is 22.5 Å². The van der Waals surface area contributed by atoms with Crippen molar-refractivity contribution >= 4 is 34.6 Å². The SMILES string of the molecule is O=c1c(O)c(-c2ccc(O)c(O)c2)oc2cc(O)cc(O)c12.[TeH2]. The van der Waals surface area contributed by atoms with Crippen molar-refractivity contribution < 1.29 is 29.9 Å². The second-order valence-electron chi connectivity index (χ2n) is 4.65. The Balaban J connectivity index is 0.00000192. The van der Waals surface area contributed by atoms with E-state index >= 15 is 0 Å². The summed E-state index contributed by atoms with van der Waals surface area (Å²) in [7, 11) is 0. The summed E-state index contributed by atoms with van der Waals surface area (Å²) in [6, 6.07) is 5.64. The average molecular weight is 432 g/mol. The van der Waals surface area contributed by atoms with Gasteiger partial charge in [0.2, 0.25) is 11.2 Å². The summed E-state index contributed by atoms with van der Waals surface area (Å²) >= 11 is 0. The van der Waals surface area contributed by atoms with Crippen LogP contribution in [-0.4, -0.2) is 49.2 Å². The van der Waals surface area contributed by atoms with Crippen molar-refractivity contribution in [3.63, 3.8) is 0 Å². The van der Waals surface area contributed by atoms with Crippen LogP contribution in [0, 0.1) is 0 Å². The molecule has 8 heteroatoms. The van der Waals surface area contributed by atoms with E-state index in [-0.39, 0.29) is 57.5 Å². The molecule has 3 aromatic rings. The van der Waals surface area contributed by atoms with Gasteiger partial charge in [0.25, 0.3) is 0 Å². The van der Waals surface area contributed by atoms with Crippen LogP contribution in [0.5, 0.6) is 28.7 Å². The zero-order valence-electron chi connectivity index (χ0n) is 11.4. The Labute approximate surface area is 145 Å². The van der Waals surface area contributed by atoms with Gasteiger partial charge in [-0.2, -0.15) is 0 Å². The van der Waals surface area contributed by atoms with Crippen LogP contribution in [0.2, 0.25) is 0 Å². The molecule has 2 aromatic carbocycles. The molecule has 0 saturated carbocycles. The molecule has 0 saturated heterocycles. The Bertz CT molecular complexity index is 962. The first-order valence-electron chi connectivity index (χ1n) is 6.12. The summed E-state index contributed by atoms with van der Waals surface area (Å²) in [5, 5.41) is 47.6. The molecule has 0 unspecified atom stereocenters. The van der Waals surface area contributed by atoms with Gasteiger partial charge in [0.05, 0.1) is 0 Å². The number of aromatic hydroxyl groups is 5. The molecule has 0 bridgehead atoms. The maximum atomic E-state index is 12.1. The predicted octanol–water partition coefficient (Wildman–Crippen LogP) is 1.07. The van der Waals surface area contributed by atoms with E-state index in [1.165, 1.54) is 6.07 Å². The number of rotatable bonds is 1. The van der Waals surface area contributed by atoms with E-state index < -0.39 is 22.7 Å². The summed E-state index contributed by atoms with van der Waals surface area (Å²) in [5.41, 5.74) is -0.890. The number of phenols is 4. The fourth-order valence-electron chi connectivity index (χ4n) is 2.14. The summed E-state index contributed by atoms with van der Waals surface area (Å²) in [5.74, 6) is -2.71. The molecule has 0 aliphatic rings. The maximum absolute atomic E-state index is 12.1. The Morgan fingerprint density at radius 3 is 2.17 bits per heavy atom. The van der Waals surface area contributed by atoms with E-state index in [1.807, 2.05) is 0 Å². The van der Waals surface area contributed by atoms with Crippen LogP contribution in [0.15, 0.2) is 39.5 Å². The first-order chi connectivity index (χ1) is 10.4. The van der Waals surface area contributed by atoms with E-state index in [0.717, 1.165) is 24.3 Å². The normalized spacial score (nSPS) is 10.4. The molecular formula is C15H12O7Te. The first-order valence-corrected chi connectivity index (χ1v) is 6.12. The van der Waals surface area contributed by atoms with Crippen LogP contribution >= 0.6 is 0 Å². The number of phenolic OH excluding ortho intramolecular Hbond substituents is 4. The van der Waals surface area contributed by atoms with Gasteiger partial charge in [-0.05, 0) is 18.2 Å². The average Bonchev–Trinajstić information content (AvgIpc) is 2.45. The topological polar surface area (TPSA) is 131 Å². The van der Waals surface area contributed by atoms with Gasteiger partial charge >= 0.3 is 23.7 Å². The molecule has 1 heterocycles. The summed E-state index contributed by atoms with van der Waals surface area (Å²) in [6.07, 6.45) is 0. The van der Waals surface area contributed by atoms with Gasteiger partial charge in [0, 0.05) is 17.7 Å². The van der Waals surface area contributed by atoms with Crippen LogP contribution in [0.25, 0.3) is 22.3 Å². The Morgan fingerprint density at radius 2 is 1.52 bits per heavy atom. The molecule has 0 radical (unpaired) electrons. The van der Waals surface area contributed by atoms with Crippen molar-refractivity contribution in [1.29, 1.82) is 0 Å². The number of hydrogen-bond acceptors (Lipinski definition) is 7. The number of fused-ring (bicyclic) bond motifs is 1. The standard InChI is InChI=1S/C15H10O7.H2Te/c16-7-4-10(19)12-11(5-7)22-15(14(21)13(12)20)6-1-2-8(17)9(18)3-6;/h1-5,16-19,21H;1H2. The molecule has 3 rings (SSSR count). The van der Waals surface area contributed by atoms with Gasteiger partial charge in [-0.1, -0.05) is 0 Å². The zero-order valence-corrected chi connectivity index (χ0v) is 14.3. The van der Waals surface area contributed by atoms with E-state index in [9.17, 15) is 30.3 Å². The van der Waals surface area contributed by atoms with E-state index in [2.05, 4.69) is 0 Å². The second-order valence-corrected chi connectivity index (χ2v) is 4.65. The quantitative estimate of drug-likeness (QED) is 0.287. The van der Waals surface area contributed by atoms with Crippen molar-refractivity contribution in [2.24, 2.45) is 0 Å². The molecule has 0 amide bonds. The van der Waals surface area contributed by atoms with Gasteiger partial charge in [-0.25, -0.2) is 0 Å². The fourth-order valence-corrected chi connectivity index (χ4v) is 2.14. The van der Waals surface area contributed by atoms with E-state index in [4.69, 9.17) is 4.42 Å². The Kier molecular flexibility index (Phi) is 4.32. The minimum atomic E-state index is -0.888. The van der Waals surface area contributed by atoms with Gasteiger partial charge in [0.15, 0.2) is 17.3 Å². The van der Waals surface area contributed by atoms with Gasteiger partial charge in [-0.15, -0.1) is 0 Å². The van der Waals surface area contributed by atoms with Crippen LogP contribution < -0.4 is 5.43 Å². The predicted molar refractivity (Wildman–Crippen MR) is 84.8 cm³/mol. The van der Waals surface area contributed by atoms with Crippen molar-refractivity contribution in [1.82, 2.24) is 0 Å². The zero-order chi connectivity index (χ0) is 16.0. The molecule has 5 N–H and O–H groups in total. The number of benzene rings is 2. The van der Waals surface area contributed by atoms with E-state index in [1.54, 1.807) is 0 Å². The first kappa shape index (κ1) is 16.8.